The Bertz CT molecular complexity index is 712. The van der Waals surface area contributed by atoms with Crippen molar-refractivity contribution in [1.29, 1.82) is 0 Å². The zero-order valence-electron chi connectivity index (χ0n) is 15.3. The second kappa shape index (κ2) is 10.4. The number of benzene rings is 2. The number of hydrogen-bond acceptors (Lipinski definition) is 1. The first kappa shape index (κ1) is 19.8. The Morgan fingerprint density at radius 2 is 1.80 bits per heavy atom. The lowest BCUT2D eigenvalue weighted by molar-refractivity contribution is 0.288. The van der Waals surface area contributed by atoms with Gasteiger partial charge in [0.15, 0.2) is 0 Å². The molecule has 0 saturated heterocycles. The fraction of sp³-hybridized carbons (Fsp3) is 0.391. The van der Waals surface area contributed by atoms with E-state index in [1.54, 1.807) is 0 Å². The van der Waals surface area contributed by atoms with Crippen LogP contribution in [0.25, 0.3) is 16.8 Å². The van der Waals surface area contributed by atoms with E-state index in [-0.39, 0.29) is 12.4 Å². The van der Waals surface area contributed by atoms with E-state index in [1.165, 1.54) is 67.1 Å². The van der Waals surface area contributed by atoms with Crippen molar-refractivity contribution in [3.8, 4) is 0 Å². The molecule has 0 unspecified atom stereocenters. The molecule has 0 aliphatic carbocycles. The Kier molecular flexibility index (Phi) is 8.24. The molecule has 0 fully saturated rings. The molecule has 0 radical (unpaired) electrons. The van der Waals surface area contributed by atoms with Gasteiger partial charge in [0.25, 0.3) is 0 Å². The smallest absolute Gasteiger partial charge is 0.0169 e. The Morgan fingerprint density at radius 1 is 0.960 bits per heavy atom. The van der Waals surface area contributed by atoms with Crippen LogP contribution in [0, 0.1) is 0 Å². The number of hydrogen-bond donors (Lipinski definition) is 0. The molecule has 1 aliphatic rings. The Labute approximate surface area is 158 Å². The van der Waals surface area contributed by atoms with E-state index < -0.39 is 0 Å². The molecule has 0 spiro atoms. The molecule has 0 saturated carbocycles. The fourth-order valence-corrected chi connectivity index (χ4v) is 3.44. The van der Waals surface area contributed by atoms with Crippen LogP contribution in [0.15, 0.2) is 60.2 Å². The summed E-state index contributed by atoms with van der Waals surface area (Å²) >= 11 is 0. The van der Waals surface area contributed by atoms with E-state index in [0.29, 0.717) is 0 Å². The van der Waals surface area contributed by atoms with Crippen LogP contribution in [0.1, 0.15) is 44.6 Å². The molecule has 0 amide bonds. The molecule has 1 heterocycles. The maximum absolute atomic E-state index is 2.59. The molecule has 0 bridgehead atoms. The summed E-state index contributed by atoms with van der Waals surface area (Å²) in [7, 11) is 0. The first-order chi connectivity index (χ1) is 11.9. The number of halogens is 1. The lowest BCUT2D eigenvalue weighted by atomic mass is 10.0. The van der Waals surface area contributed by atoms with Crippen molar-refractivity contribution in [2.75, 3.05) is 19.6 Å². The van der Waals surface area contributed by atoms with Crippen LogP contribution >= 0.6 is 12.4 Å². The normalized spacial score (nSPS) is 15.3. The maximum Gasteiger partial charge on any atom is 0.0169 e. The van der Waals surface area contributed by atoms with Crippen molar-refractivity contribution in [2.24, 2.45) is 0 Å². The van der Waals surface area contributed by atoms with Gasteiger partial charge in [-0.2, -0.15) is 0 Å². The van der Waals surface area contributed by atoms with Crippen LogP contribution in [0.2, 0.25) is 0 Å². The molecule has 1 nitrogen and oxygen atoms in total. The van der Waals surface area contributed by atoms with Gasteiger partial charge in [-0.25, -0.2) is 0 Å². The standard InChI is InChI=1S/C23H29N.ClH/c1-2-3-4-7-17-24-18-15-20(16-19-24)13-14-22-11-8-10-21-9-5-6-12-23(21)22;/h5-6,8-15H,2-4,7,16-19H2,1H3;1H/b14-13+;. The summed E-state index contributed by atoms with van der Waals surface area (Å²) in [6.07, 6.45) is 13.6. The van der Waals surface area contributed by atoms with Gasteiger partial charge in [0.1, 0.15) is 0 Å². The summed E-state index contributed by atoms with van der Waals surface area (Å²) in [6, 6.07) is 15.2. The minimum atomic E-state index is 0. The highest BCUT2D eigenvalue weighted by Crippen LogP contribution is 2.21. The van der Waals surface area contributed by atoms with E-state index >= 15 is 0 Å². The molecular weight excluding hydrogens is 326 g/mol. The molecule has 134 valence electrons. The SMILES string of the molecule is CCCCCCN1CC=C(/C=C/c2cccc3ccccc23)CC1.Cl. The lowest BCUT2D eigenvalue weighted by Gasteiger charge is -2.25. The molecule has 2 aromatic carbocycles. The second-order valence-corrected chi connectivity index (χ2v) is 6.79. The van der Waals surface area contributed by atoms with E-state index in [2.05, 4.69) is 72.5 Å². The highest BCUT2D eigenvalue weighted by molar-refractivity contribution is 5.90. The van der Waals surface area contributed by atoms with Crippen LogP contribution in [0.3, 0.4) is 0 Å². The van der Waals surface area contributed by atoms with Gasteiger partial charge >= 0.3 is 0 Å². The average Bonchev–Trinajstić information content (AvgIpc) is 2.64. The molecule has 0 aromatic heterocycles. The van der Waals surface area contributed by atoms with Gasteiger partial charge < -0.3 is 0 Å². The van der Waals surface area contributed by atoms with Gasteiger partial charge in [0.2, 0.25) is 0 Å². The molecular formula is C23H30ClN. The van der Waals surface area contributed by atoms with Gasteiger partial charge in [0.05, 0.1) is 0 Å². The van der Waals surface area contributed by atoms with Crippen molar-refractivity contribution >= 4 is 29.3 Å². The summed E-state index contributed by atoms with van der Waals surface area (Å²) in [4.78, 5) is 2.59. The zero-order valence-corrected chi connectivity index (χ0v) is 16.1. The summed E-state index contributed by atoms with van der Waals surface area (Å²) in [6.45, 7) is 5.86. The largest absolute Gasteiger partial charge is 0.299 e. The van der Waals surface area contributed by atoms with E-state index in [4.69, 9.17) is 0 Å². The number of fused-ring (bicyclic) bond motifs is 1. The number of rotatable bonds is 7. The highest BCUT2D eigenvalue weighted by Gasteiger charge is 2.09. The first-order valence-electron chi connectivity index (χ1n) is 9.44. The van der Waals surface area contributed by atoms with Crippen molar-refractivity contribution in [3.63, 3.8) is 0 Å². The Morgan fingerprint density at radius 3 is 2.60 bits per heavy atom. The van der Waals surface area contributed by atoms with Crippen LogP contribution in [0.5, 0.6) is 0 Å². The van der Waals surface area contributed by atoms with Gasteiger partial charge in [-0.15, -0.1) is 12.4 Å². The molecule has 0 atom stereocenters. The van der Waals surface area contributed by atoms with Crippen molar-refractivity contribution in [1.82, 2.24) is 4.90 Å². The minimum absolute atomic E-state index is 0. The van der Waals surface area contributed by atoms with E-state index in [1.807, 2.05) is 0 Å². The van der Waals surface area contributed by atoms with Crippen LogP contribution in [-0.2, 0) is 0 Å². The molecule has 1 aliphatic heterocycles. The van der Waals surface area contributed by atoms with E-state index in [0.717, 1.165) is 6.54 Å². The van der Waals surface area contributed by atoms with Crippen molar-refractivity contribution in [2.45, 2.75) is 39.0 Å². The molecule has 2 aromatic rings. The third-order valence-electron chi connectivity index (χ3n) is 4.96. The Hall–Kier alpha value is -1.57. The summed E-state index contributed by atoms with van der Waals surface area (Å²) in [5.41, 5.74) is 2.80. The predicted molar refractivity (Wildman–Crippen MR) is 114 cm³/mol. The third-order valence-corrected chi connectivity index (χ3v) is 4.96. The summed E-state index contributed by atoms with van der Waals surface area (Å²) in [5.74, 6) is 0. The number of allylic oxidation sites excluding steroid dienone is 1. The Balaban J connectivity index is 0.00000225. The quantitative estimate of drug-likeness (QED) is 0.513. The predicted octanol–water partition coefficient (Wildman–Crippen LogP) is 6.49. The highest BCUT2D eigenvalue weighted by atomic mass is 35.5. The van der Waals surface area contributed by atoms with Gasteiger partial charge in [0, 0.05) is 13.1 Å². The van der Waals surface area contributed by atoms with Gasteiger partial charge in [-0.1, -0.05) is 86.9 Å². The number of unbranched alkanes of at least 4 members (excludes halogenated alkanes) is 3. The summed E-state index contributed by atoms with van der Waals surface area (Å²) < 4.78 is 0. The zero-order chi connectivity index (χ0) is 16.6. The van der Waals surface area contributed by atoms with Gasteiger partial charge in [-0.05, 0) is 41.3 Å². The van der Waals surface area contributed by atoms with Crippen LogP contribution in [0.4, 0.5) is 0 Å². The van der Waals surface area contributed by atoms with Gasteiger partial charge in [-0.3, -0.25) is 4.90 Å². The van der Waals surface area contributed by atoms with Crippen molar-refractivity contribution in [3.05, 3.63) is 65.8 Å². The average molecular weight is 356 g/mol. The monoisotopic (exact) mass is 355 g/mol. The minimum Gasteiger partial charge on any atom is -0.299 e. The van der Waals surface area contributed by atoms with Crippen LogP contribution < -0.4 is 0 Å². The van der Waals surface area contributed by atoms with Crippen molar-refractivity contribution < 1.29 is 0 Å². The molecule has 0 N–H and O–H groups in total. The second-order valence-electron chi connectivity index (χ2n) is 6.79. The first-order valence-corrected chi connectivity index (χ1v) is 9.44. The molecule has 25 heavy (non-hydrogen) atoms. The number of nitrogens with zero attached hydrogens (tertiary/aromatic N) is 1. The molecule has 2 heteroatoms. The molecule has 3 rings (SSSR count). The summed E-state index contributed by atoms with van der Waals surface area (Å²) in [5, 5.41) is 2.65. The maximum atomic E-state index is 2.59. The fourth-order valence-electron chi connectivity index (χ4n) is 3.44. The van der Waals surface area contributed by atoms with E-state index in [9.17, 15) is 0 Å². The lowest BCUT2D eigenvalue weighted by Crippen LogP contribution is -2.29. The topological polar surface area (TPSA) is 3.24 Å². The van der Waals surface area contributed by atoms with Crippen LogP contribution in [-0.4, -0.2) is 24.5 Å². The third kappa shape index (κ3) is 5.73.